The van der Waals surface area contributed by atoms with Crippen LogP contribution in [0.2, 0.25) is 0 Å². The van der Waals surface area contributed by atoms with Crippen LogP contribution in [0.25, 0.3) is 22.0 Å². The minimum atomic E-state index is -0.734. The van der Waals surface area contributed by atoms with Crippen molar-refractivity contribution in [2.24, 2.45) is 11.7 Å². The molecule has 0 aliphatic carbocycles. The first-order chi connectivity index (χ1) is 11.9. The third-order valence-electron chi connectivity index (χ3n) is 3.92. The molecular weight excluding hydrogens is 343 g/mol. The summed E-state index contributed by atoms with van der Waals surface area (Å²) >= 11 is 1.47. The van der Waals surface area contributed by atoms with Gasteiger partial charge in [0.1, 0.15) is 6.04 Å². The quantitative estimate of drug-likeness (QED) is 0.539. The number of hydrogen-bond acceptors (Lipinski definition) is 5. The smallest absolute Gasteiger partial charge is 0.239 e. The predicted octanol–water partition coefficient (Wildman–Crippen LogP) is 3.45. The summed E-state index contributed by atoms with van der Waals surface area (Å²) in [6.45, 7) is 3.90. The highest BCUT2D eigenvalue weighted by Crippen LogP contribution is 2.37. The molecule has 1 atom stereocenters. The number of carbonyl (C=O) groups is 1. The Kier molecular flexibility index (Phi) is 4.63. The number of amides is 1. The third kappa shape index (κ3) is 3.30. The fourth-order valence-electron chi connectivity index (χ4n) is 2.76. The highest BCUT2D eigenvalue weighted by Gasteiger charge is 2.23. The molecule has 8 heteroatoms. The van der Waals surface area contributed by atoms with Crippen molar-refractivity contribution in [1.29, 1.82) is 0 Å². The Bertz CT molecular complexity index is 905. The molecule has 3 rings (SSSR count). The maximum absolute atomic E-state index is 14.9. The maximum atomic E-state index is 14.9. The van der Waals surface area contributed by atoms with E-state index in [1.54, 1.807) is 0 Å². The topological polar surface area (TPSA) is 104 Å². The minimum absolute atomic E-state index is 0.0582. The Morgan fingerprint density at radius 1 is 1.52 bits per heavy atom. The number of pyridine rings is 1. The summed E-state index contributed by atoms with van der Waals surface area (Å²) in [6, 6.07) is 1.10. The standard InChI is InChI=1S/C17H19FN4O2S/c1-8(2)5-11(15(19)23)21-16-13(18)10-6-20-17(24)12(10)14(22-16)9-3-4-25-7-9/h3-4,6-8,11,20-21,24H,5H2,1-2H3,(H2,19,23)/t11-/m1/s1. The molecule has 1 amide bonds. The average molecular weight is 362 g/mol. The Labute approximate surface area is 147 Å². The molecule has 0 aliphatic heterocycles. The second-order valence-corrected chi connectivity index (χ2v) is 7.07. The number of H-pyrrole nitrogens is 1. The van der Waals surface area contributed by atoms with Gasteiger partial charge in [-0.1, -0.05) is 13.8 Å². The summed E-state index contributed by atoms with van der Waals surface area (Å²) in [5.74, 6) is -1.21. The number of nitrogens with one attached hydrogen (secondary N) is 2. The zero-order valence-electron chi connectivity index (χ0n) is 13.8. The van der Waals surface area contributed by atoms with Gasteiger partial charge < -0.3 is 21.1 Å². The van der Waals surface area contributed by atoms with Gasteiger partial charge in [0.25, 0.3) is 0 Å². The number of thiophene rings is 1. The van der Waals surface area contributed by atoms with Gasteiger partial charge in [-0.05, 0) is 23.8 Å². The number of aromatic nitrogens is 2. The van der Waals surface area contributed by atoms with E-state index in [1.807, 2.05) is 30.7 Å². The molecule has 0 radical (unpaired) electrons. The zero-order valence-corrected chi connectivity index (χ0v) is 14.7. The molecule has 0 spiro atoms. The number of anilines is 1. The van der Waals surface area contributed by atoms with Crippen molar-refractivity contribution in [1.82, 2.24) is 9.97 Å². The lowest BCUT2D eigenvalue weighted by Crippen LogP contribution is -2.37. The zero-order chi connectivity index (χ0) is 18.1. The van der Waals surface area contributed by atoms with E-state index in [4.69, 9.17) is 5.73 Å². The number of aromatic hydroxyl groups is 1. The second kappa shape index (κ2) is 6.72. The molecule has 0 saturated carbocycles. The van der Waals surface area contributed by atoms with Crippen LogP contribution in [0.5, 0.6) is 5.88 Å². The number of halogens is 1. The molecule has 3 heterocycles. The molecule has 0 saturated heterocycles. The Morgan fingerprint density at radius 3 is 2.88 bits per heavy atom. The van der Waals surface area contributed by atoms with E-state index in [-0.39, 0.29) is 23.0 Å². The average Bonchev–Trinajstić information content (AvgIpc) is 3.19. The second-order valence-electron chi connectivity index (χ2n) is 6.29. The van der Waals surface area contributed by atoms with E-state index in [1.165, 1.54) is 17.5 Å². The van der Waals surface area contributed by atoms with E-state index in [9.17, 15) is 14.3 Å². The van der Waals surface area contributed by atoms with E-state index >= 15 is 0 Å². The van der Waals surface area contributed by atoms with Crippen LogP contribution in [0.3, 0.4) is 0 Å². The molecule has 0 aromatic carbocycles. The first-order valence-electron chi connectivity index (χ1n) is 7.86. The van der Waals surface area contributed by atoms with Crippen LogP contribution < -0.4 is 11.1 Å². The summed E-state index contributed by atoms with van der Waals surface area (Å²) in [6.07, 6.45) is 1.84. The highest BCUT2D eigenvalue weighted by molar-refractivity contribution is 7.08. The van der Waals surface area contributed by atoms with E-state index in [2.05, 4.69) is 15.3 Å². The number of nitrogens with two attached hydrogens (primary N) is 1. The molecular formula is C17H19FN4O2S. The van der Waals surface area contributed by atoms with E-state index in [0.29, 0.717) is 17.5 Å². The number of fused-ring (bicyclic) bond motifs is 1. The number of nitrogens with zero attached hydrogens (tertiary/aromatic N) is 1. The number of carbonyl (C=O) groups excluding carboxylic acids is 1. The normalized spacial score (nSPS) is 12.6. The van der Waals surface area contributed by atoms with Crippen LogP contribution in [0.15, 0.2) is 23.0 Å². The molecule has 0 fully saturated rings. The summed E-state index contributed by atoms with van der Waals surface area (Å²) in [5, 5.41) is 17.1. The van der Waals surface area contributed by atoms with Crippen LogP contribution in [0, 0.1) is 11.7 Å². The monoisotopic (exact) mass is 362 g/mol. The van der Waals surface area contributed by atoms with Gasteiger partial charge in [-0.2, -0.15) is 11.3 Å². The van der Waals surface area contributed by atoms with Crippen molar-refractivity contribution >= 4 is 33.8 Å². The molecule has 6 nitrogen and oxygen atoms in total. The van der Waals surface area contributed by atoms with Crippen LogP contribution in [0.4, 0.5) is 10.2 Å². The molecule has 3 aromatic heterocycles. The van der Waals surface area contributed by atoms with Crippen molar-refractivity contribution in [2.75, 3.05) is 5.32 Å². The highest BCUT2D eigenvalue weighted by atomic mass is 32.1. The first kappa shape index (κ1) is 17.2. The van der Waals surface area contributed by atoms with Gasteiger partial charge in [0.05, 0.1) is 11.1 Å². The van der Waals surface area contributed by atoms with Crippen molar-refractivity contribution in [2.45, 2.75) is 26.3 Å². The molecule has 0 bridgehead atoms. The molecule has 3 aromatic rings. The van der Waals surface area contributed by atoms with Gasteiger partial charge >= 0.3 is 0 Å². The molecule has 25 heavy (non-hydrogen) atoms. The van der Waals surface area contributed by atoms with Gasteiger partial charge in [-0.3, -0.25) is 4.79 Å². The molecule has 0 unspecified atom stereocenters. The van der Waals surface area contributed by atoms with Gasteiger partial charge in [-0.25, -0.2) is 9.37 Å². The Morgan fingerprint density at radius 2 is 2.28 bits per heavy atom. The van der Waals surface area contributed by atoms with Gasteiger partial charge in [0.15, 0.2) is 17.5 Å². The molecule has 0 aliphatic rings. The number of hydrogen-bond donors (Lipinski definition) is 4. The van der Waals surface area contributed by atoms with E-state index < -0.39 is 17.8 Å². The number of rotatable bonds is 6. The van der Waals surface area contributed by atoms with E-state index in [0.717, 1.165) is 5.56 Å². The lowest BCUT2D eigenvalue weighted by atomic mass is 10.0. The Balaban J connectivity index is 2.13. The Hall–Kier alpha value is -2.61. The van der Waals surface area contributed by atoms with Crippen LogP contribution >= 0.6 is 11.3 Å². The van der Waals surface area contributed by atoms with Gasteiger partial charge in [0, 0.05) is 22.5 Å². The molecule has 132 valence electrons. The number of aromatic amines is 1. The summed E-state index contributed by atoms with van der Waals surface area (Å²) in [7, 11) is 0. The lowest BCUT2D eigenvalue weighted by Gasteiger charge is -2.19. The lowest BCUT2D eigenvalue weighted by molar-refractivity contribution is -0.119. The SMILES string of the molecule is CC(C)C[C@@H](Nc1nc(-c2ccsc2)c2c(O)[nH]cc2c1F)C(N)=O. The summed E-state index contributed by atoms with van der Waals surface area (Å²) < 4.78 is 14.9. The van der Waals surface area contributed by atoms with Crippen molar-refractivity contribution < 1.29 is 14.3 Å². The number of primary amides is 1. The predicted molar refractivity (Wildman–Crippen MR) is 97.1 cm³/mol. The maximum Gasteiger partial charge on any atom is 0.239 e. The van der Waals surface area contributed by atoms with Gasteiger partial charge in [-0.15, -0.1) is 0 Å². The first-order valence-corrected chi connectivity index (χ1v) is 8.80. The van der Waals surface area contributed by atoms with Gasteiger partial charge in [0.2, 0.25) is 5.91 Å². The van der Waals surface area contributed by atoms with Crippen molar-refractivity contribution in [3.05, 3.63) is 28.8 Å². The fourth-order valence-corrected chi connectivity index (χ4v) is 3.40. The summed E-state index contributed by atoms with van der Waals surface area (Å²) in [4.78, 5) is 18.6. The largest absolute Gasteiger partial charge is 0.494 e. The van der Waals surface area contributed by atoms with Crippen molar-refractivity contribution in [3.63, 3.8) is 0 Å². The minimum Gasteiger partial charge on any atom is -0.494 e. The van der Waals surface area contributed by atoms with Crippen molar-refractivity contribution in [3.8, 4) is 17.1 Å². The van der Waals surface area contributed by atoms with Crippen LogP contribution in [-0.2, 0) is 4.79 Å². The third-order valence-corrected chi connectivity index (χ3v) is 4.60. The fraction of sp³-hybridized carbons (Fsp3) is 0.294. The molecule has 5 N–H and O–H groups in total. The van der Waals surface area contributed by atoms with Crippen LogP contribution in [-0.4, -0.2) is 27.0 Å². The summed E-state index contributed by atoms with van der Waals surface area (Å²) in [5.41, 5.74) is 6.63. The van der Waals surface area contributed by atoms with Crippen LogP contribution in [0.1, 0.15) is 20.3 Å².